The molecule has 8 atom stereocenters. The van der Waals surface area contributed by atoms with Crippen LogP contribution < -0.4 is 5.32 Å². The molecule has 85 heavy (non-hydrogen) atoms. The van der Waals surface area contributed by atoms with E-state index < -0.39 is 67.4 Å². The number of rotatable bonds is 60. The summed E-state index contributed by atoms with van der Waals surface area (Å²) in [5, 5.41) is 57.2. The number of unbranched alkanes of at least 4 members (excludes halogenated alkanes) is 34. The highest BCUT2D eigenvalue weighted by Gasteiger charge is 2.47. The van der Waals surface area contributed by atoms with Gasteiger partial charge in [0.15, 0.2) is 12.4 Å². The number of aliphatic hydroxyl groups excluding tert-OH is 5. The van der Waals surface area contributed by atoms with Gasteiger partial charge >= 0.3 is 5.97 Å². The van der Waals surface area contributed by atoms with Crippen LogP contribution in [0.4, 0.5) is 0 Å². The molecule has 1 heterocycles. The molecule has 1 rings (SSSR count). The van der Waals surface area contributed by atoms with E-state index in [2.05, 4.69) is 99.0 Å². The molecule has 0 spiro atoms. The minimum absolute atomic E-state index is 0.117. The zero-order chi connectivity index (χ0) is 61.7. The quantitative estimate of drug-likeness (QED) is 0.0195. The van der Waals surface area contributed by atoms with E-state index in [1.807, 2.05) is 6.08 Å². The van der Waals surface area contributed by atoms with Crippen LogP contribution >= 0.6 is 0 Å². The van der Waals surface area contributed by atoms with E-state index in [-0.39, 0.29) is 19.4 Å². The van der Waals surface area contributed by atoms with Crippen LogP contribution in [-0.4, -0.2) is 99.6 Å². The van der Waals surface area contributed by atoms with Gasteiger partial charge in [-0.2, -0.15) is 0 Å². The molecule has 8 unspecified atom stereocenters. The Morgan fingerprint density at radius 1 is 0.459 bits per heavy atom. The lowest BCUT2D eigenvalue weighted by Crippen LogP contribution is -2.61. The number of ether oxygens (including phenoxy) is 3. The first-order valence-electron chi connectivity index (χ1n) is 35.4. The van der Waals surface area contributed by atoms with Crippen molar-refractivity contribution in [2.75, 3.05) is 13.2 Å². The van der Waals surface area contributed by atoms with Gasteiger partial charge in [-0.3, -0.25) is 9.59 Å². The van der Waals surface area contributed by atoms with Gasteiger partial charge in [-0.05, 0) is 103 Å². The number of aliphatic hydroxyl groups is 5. The standard InChI is InChI=1S/C74H131NO10/c1-4-7-10-13-16-19-22-25-27-29-31-32-33-34-35-36-37-39-41-44-47-50-53-56-59-62-69(79)85-72-71(81)70(80)68(63-76)84-74(72)83-64-65(66(77)60-57-54-51-48-45-42-24-21-18-15-12-9-6-3)75-73(82)67(78)61-58-55-52-49-46-43-40-38-30-28-26-23-20-17-14-11-8-5-2/h16-17,19-20,25-28,31-32,38,40,57,60,65-68,70-72,74,76-78,80-81H,4-15,18,21-24,29-30,33-37,39,41-56,58-59,61-64H2,1-3H3,(H,75,82)/b19-16-,20-17-,27-25-,28-26-,32-31-,40-38-,60-57+. The Morgan fingerprint density at radius 3 is 1.24 bits per heavy atom. The molecule has 0 bridgehead atoms. The fourth-order valence-corrected chi connectivity index (χ4v) is 10.7. The van der Waals surface area contributed by atoms with Gasteiger partial charge in [0.2, 0.25) is 5.91 Å². The van der Waals surface area contributed by atoms with E-state index in [1.54, 1.807) is 6.08 Å². The normalized spacial score (nSPS) is 18.9. The molecule has 1 aliphatic rings. The molecule has 1 saturated heterocycles. The molecule has 0 aliphatic carbocycles. The van der Waals surface area contributed by atoms with Gasteiger partial charge in [0.1, 0.15) is 24.4 Å². The monoisotopic (exact) mass is 1190 g/mol. The van der Waals surface area contributed by atoms with Crippen molar-refractivity contribution in [3.8, 4) is 0 Å². The lowest BCUT2D eigenvalue weighted by Gasteiger charge is -2.41. The van der Waals surface area contributed by atoms with Crippen molar-refractivity contribution in [2.24, 2.45) is 0 Å². The van der Waals surface area contributed by atoms with E-state index in [0.717, 1.165) is 96.3 Å². The first-order chi connectivity index (χ1) is 41.7. The van der Waals surface area contributed by atoms with Crippen molar-refractivity contribution < 1.29 is 49.3 Å². The molecular weight excluding hydrogens is 1060 g/mol. The Labute approximate surface area is 521 Å². The van der Waals surface area contributed by atoms with Gasteiger partial charge in [-0.25, -0.2) is 0 Å². The number of carbonyl (C=O) groups excluding carboxylic acids is 2. The predicted octanol–water partition coefficient (Wildman–Crippen LogP) is 18.1. The summed E-state index contributed by atoms with van der Waals surface area (Å²) >= 11 is 0. The Balaban J connectivity index is 2.60. The second kappa shape index (κ2) is 61.1. The molecule has 492 valence electrons. The van der Waals surface area contributed by atoms with E-state index in [1.165, 1.54) is 167 Å². The molecule has 1 amide bonds. The van der Waals surface area contributed by atoms with E-state index in [0.29, 0.717) is 12.8 Å². The summed E-state index contributed by atoms with van der Waals surface area (Å²) in [7, 11) is 0. The van der Waals surface area contributed by atoms with Crippen LogP contribution in [0.15, 0.2) is 85.1 Å². The highest BCUT2D eigenvalue weighted by atomic mass is 16.7. The lowest BCUT2D eigenvalue weighted by molar-refractivity contribution is -0.305. The Hall–Kier alpha value is -3.16. The number of hydrogen-bond acceptors (Lipinski definition) is 10. The fourth-order valence-electron chi connectivity index (χ4n) is 10.7. The summed E-state index contributed by atoms with van der Waals surface area (Å²) in [6, 6.07) is -1.04. The summed E-state index contributed by atoms with van der Waals surface area (Å²) in [4.78, 5) is 26.7. The summed E-state index contributed by atoms with van der Waals surface area (Å²) in [5.41, 5.74) is 0. The van der Waals surface area contributed by atoms with Crippen LogP contribution in [0.5, 0.6) is 0 Å². The maximum absolute atomic E-state index is 13.5. The number of allylic oxidation sites excluding steroid dienone is 13. The molecule has 11 heteroatoms. The third kappa shape index (κ3) is 48.4. The van der Waals surface area contributed by atoms with Crippen molar-refractivity contribution in [1.82, 2.24) is 5.32 Å². The van der Waals surface area contributed by atoms with Gasteiger partial charge in [0, 0.05) is 6.42 Å². The molecule has 0 aromatic carbocycles. The third-order valence-corrected chi connectivity index (χ3v) is 16.3. The second-order valence-corrected chi connectivity index (χ2v) is 24.3. The average molecular weight is 1190 g/mol. The molecule has 6 N–H and O–H groups in total. The smallest absolute Gasteiger partial charge is 0.306 e. The molecule has 0 radical (unpaired) electrons. The zero-order valence-corrected chi connectivity index (χ0v) is 54.7. The van der Waals surface area contributed by atoms with Gasteiger partial charge in [0.05, 0.1) is 25.4 Å². The van der Waals surface area contributed by atoms with Crippen molar-refractivity contribution in [3.05, 3.63) is 85.1 Å². The first-order valence-corrected chi connectivity index (χ1v) is 35.4. The summed E-state index contributed by atoms with van der Waals surface area (Å²) in [6.07, 6.45) is 70.4. The topological polar surface area (TPSA) is 175 Å². The van der Waals surface area contributed by atoms with E-state index in [4.69, 9.17) is 14.2 Å². The van der Waals surface area contributed by atoms with Crippen molar-refractivity contribution >= 4 is 11.9 Å². The highest BCUT2D eigenvalue weighted by molar-refractivity contribution is 5.80. The van der Waals surface area contributed by atoms with Crippen LogP contribution in [0, 0.1) is 0 Å². The predicted molar refractivity (Wildman–Crippen MR) is 356 cm³/mol. The maximum Gasteiger partial charge on any atom is 0.306 e. The Bertz CT molecular complexity index is 1710. The van der Waals surface area contributed by atoms with Crippen molar-refractivity contribution in [2.45, 2.75) is 359 Å². The largest absolute Gasteiger partial charge is 0.454 e. The van der Waals surface area contributed by atoms with Crippen molar-refractivity contribution in [3.63, 3.8) is 0 Å². The number of nitrogens with one attached hydrogen (secondary N) is 1. The molecule has 0 aromatic heterocycles. The average Bonchev–Trinajstić information content (AvgIpc) is 3.34. The Morgan fingerprint density at radius 2 is 0.812 bits per heavy atom. The van der Waals surface area contributed by atoms with Crippen molar-refractivity contribution in [1.29, 1.82) is 0 Å². The second-order valence-electron chi connectivity index (χ2n) is 24.3. The van der Waals surface area contributed by atoms with Crippen LogP contribution in [0.3, 0.4) is 0 Å². The molecule has 0 aromatic rings. The molecular formula is C74H131NO10. The third-order valence-electron chi connectivity index (χ3n) is 16.3. The van der Waals surface area contributed by atoms with E-state index in [9.17, 15) is 35.1 Å². The number of amides is 1. The molecule has 1 aliphatic heterocycles. The van der Waals surface area contributed by atoms with Gasteiger partial charge in [-0.1, -0.05) is 286 Å². The molecule has 1 fully saturated rings. The molecule has 0 saturated carbocycles. The SMILES string of the molecule is CCCCC/C=C\C/C=C\C/C=C\CCCCCCCCCCCCCCC(=O)OC1C(OCC(NC(=O)C(O)CCCCCCC/C=C\C/C=C\C/C=C\CCCCC)C(O)/C=C/CCCCCCCCCCCCC)OC(CO)C(O)C1O. The van der Waals surface area contributed by atoms with E-state index >= 15 is 0 Å². The Kier molecular flexibility index (Phi) is 57.4. The van der Waals surface area contributed by atoms with Crippen LogP contribution in [-0.2, 0) is 23.8 Å². The summed E-state index contributed by atoms with van der Waals surface area (Å²) < 4.78 is 17.7. The minimum Gasteiger partial charge on any atom is -0.454 e. The first kappa shape index (κ1) is 79.9. The number of carbonyl (C=O) groups is 2. The number of esters is 1. The molecule has 11 nitrogen and oxygen atoms in total. The zero-order valence-electron chi connectivity index (χ0n) is 54.7. The lowest BCUT2D eigenvalue weighted by atomic mass is 9.99. The number of hydrogen-bond donors (Lipinski definition) is 6. The summed E-state index contributed by atoms with van der Waals surface area (Å²) in [6.45, 7) is 5.75. The minimum atomic E-state index is -1.62. The van der Waals surface area contributed by atoms with Crippen LogP contribution in [0.1, 0.15) is 310 Å². The fraction of sp³-hybridized carbons (Fsp3) is 0.784. The van der Waals surface area contributed by atoms with Gasteiger partial charge in [0.25, 0.3) is 0 Å². The van der Waals surface area contributed by atoms with Crippen LogP contribution in [0.2, 0.25) is 0 Å². The highest BCUT2D eigenvalue weighted by Crippen LogP contribution is 2.26. The maximum atomic E-state index is 13.5. The summed E-state index contributed by atoms with van der Waals surface area (Å²) in [5.74, 6) is -1.21. The van der Waals surface area contributed by atoms with Gasteiger partial charge in [-0.15, -0.1) is 0 Å². The van der Waals surface area contributed by atoms with Gasteiger partial charge < -0.3 is 45.1 Å². The van der Waals surface area contributed by atoms with Crippen LogP contribution in [0.25, 0.3) is 0 Å².